The maximum Gasteiger partial charge on any atom is 0.259 e. The van der Waals surface area contributed by atoms with E-state index in [9.17, 15) is 4.79 Å². The topological polar surface area (TPSA) is 56.1 Å². The predicted molar refractivity (Wildman–Crippen MR) is 134 cm³/mol. The van der Waals surface area contributed by atoms with Gasteiger partial charge in [-0.05, 0) is 42.0 Å². The Bertz CT molecular complexity index is 1360. The lowest BCUT2D eigenvalue weighted by molar-refractivity contribution is 0.102. The van der Waals surface area contributed by atoms with E-state index in [4.69, 9.17) is 9.84 Å². The smallest absolute Gasteiger partial charge is 0.259 e. The molecule has 0 fully saturated rings. The summed E-state index contributed by atoms with van der Waals surface area (Å²) >= 11 is 0. The van der Waals surface area contributed by atoms with Crippen molar-refractivity contribution in [2.45, 2.75) is 6.61 Å². The van der Waals surface area contributed by atoms with Crippen molar-refractivity contribution in [1.82, 2.24) is 9.78 Å². The van der Waals surface area contributed by atoms with E-state index in [2.05, 4.69) is 5.32 Å². The lowest BCUT2D eigenvalue weighted by atomic mass is 10.1. The van der Waals surface area contributed by atoms with Crippen molar-refractivity contribution in [3.63, 3.8) is 0 Å². The minimum Gasteiger partial charge on any atom is -0.489 e. The van der Waals surface area contributed by atoms with Crippen LogP contribution < -0.4 is 10.1 Å². The number of rotatable bonds is 7. The molecule has 0 saturated heterocycles. The number of ether oxygens (including phenoxy) is 1. The van der Waals surface area contributed by atoms with Gasteiger partial charge in [0.25, 0.3) is 5.91 Å². The first-order valence-corrected chi connectivity index (χ1v) is 11.0. The fourth-order valence-electron chi connectivity index (χ4n) is 3.64. The van der Waals surface area contributed by atoms with Gasteiger partial charge < -0.3 is 10.1 Å². The zero-order valence-corrected chi connectivity index (χ0v) is 18.5. The average Bonchev–Trinajstić information content (AvgIpc) is 3.36. The Morgan fingerprint density at radius 1 is 0.765 bits per heavy atom. The third kappa shape index (κ3) is 4.89. The van der Waals surface area contributed by atoms with Crippen LogP contribution in [0.2, 0.25) is 0 Å². The monoisotopic (exact) mass is 445 g/mol. The predicted octanol–water partition coefficient (Wildman–Crippen LogP) is 6.37. The van der Waals surface area contributed by atoms with Crippen LogP contribution >= 0.6 is 0 Å². The lowest BCUT2D eigenvalue weighted by Crippen LogP contribution is -2.12. The SMILES string of the molecule is O=C(Nc1ccc(OCc2ccccc2)cc1)c1cn(-c2ccccc2)nc1-c1ccccc1. The van der Waals surface area contributed by atoms with Crippen LogP contribution in [0.5, 0.6) is 5.75 Å². The summed E-state index contributed by atoms with van der Waals surface area (Å²) in [6.07, 6.45) is 1.77. The Morgan fingerprint density at radius 2 is 1.38 bits per heavy atom. The van der Waals surface area contributed by atoms with Crippen molar-refractivity contribution >= 4 is 11.6 Å². The number of para-hydroxylation sites is 1. The quantitative estimate of drug-likeness (QED) is 0.317. The van der Waals surface area contributed by atoms with E-state index in [1.54, 1.807) is 10.9 Å². The van der Waals surface area contributed by atoms with Crippen LogP contribution in [0.15, 0.2) is 121 Å². The van der Waals surface area contributed by atoms with Crippen LogP contribution in [0.1, 0.15) is 15.9 Å². The number of carbonyl (C=O) groups excluding carboxylic acids is 1. The number of anilines is 1. The Kier molecular flexibility index (Phi) is 6.16. The molecule has 4 aromatic carbocycles. The summed E-state index contributed by atoms with van der Waals surface area (Å²) in [6, 6.07) is 36.8. The van der Waals surface area contributed by atoms with Crippen LogP contribution in [0.25, 0.3) is 16.9 Å². The molecule has 1 aromatic heterocycles. The Balaban J connectivity index is 1.35. The van der Waals surface area contributed by atoms with Crippen molar-refractivity contribution < 1.29 is 9.53 Å². The van der Waals surface area contributed by atoms with E-state index in [1.165, 1.54) is 0 Å². The van der Waals surface area contributed by atoms with Gasteiger partial charge in [0.15, 0.2) is 0 Å². The highest BCUT2D eigenvalue weighted by molar-refractivity contribution is 6.08. The second kappa shape index (κ2) is 9.88. The van der Waals surface area contributed by atoms with Gasteiger partial charge in [0.2, 0.25) is 0 Å². The molecule has 0 aliphatic rings. The summed E-state index contributed by atoms with van der Waals surface area (Å²) in [5.41, 5.74) is 4.68. The maximum atomic E-state index is 13.3. The molecule has 1 amide bonds. The molecule has 0 spiro atoms. The zero-order chi connectivity index (χ0) is 23.2. The average molecular weight is 446 g/mol. The van der Waals surface area contributed by atoms with Crippen molar-refractivity contribution in [2.24, 2.45) is 0 Å². The first-order chi connectivity index (χ1) is 16.8. The Labute approximate surface area is 198 Å². The molecule has 1 heterocycles. The first kappa shape index (κ1) is 21.2. The zero-order valence-electron chi connectivity index (χ0n) is 18.5. The van der Waals surface area contributed by atoms with Crippen LogP contribution in [-0.4, -0.2) is 15.7 Å². The second-order valence-electron chi connectivity index (χ2n) is 7.79. The molecule has 5 aromatic rings. The van der Waals surface area contributed by atoms with Gasteiger partial charge in [-0.25, -0.2) is 4.68 Å². The fourth-order valence-corrected chi connectivity index (χ4v) is 3.64. The molecule has 0 unspecified atom stereocenters. The molecule has 0 radical (unpaired) electrons. The van der Waals surface area contributed by atoms with Crippen molar-refractivity contribution in [3.05, 3.63) is 133 Å². The second-order valence-corrected chi connectivity index (χ2v) is 7.79. The normalized spacial score (nSPS) is 10.6. The largest absolute Gasteiger partial charge is 0.489 e. The number of hydrogen-bond donors (Lipinski definition) is 1. The Morgan fingerprint density at radius 3 is 2.06 bits per heavy atom. The number of hydrogen-bond acceptors (Lipinski definition) is 3. The van der Waals surface area contributed by atoms with Gasteiger partial charge >= 0.3 is 0 Å². The minimum atomic E-state index is -0.223. The fraction of sp³-hybridized carbons (Fsp3) is 0.0345. The van der Waals surface area contributed by atoms with Crippen LogP contribution in [0.3, 0.4) is 0 Å². The van der Waals surface area contributed by atoms with E-state index in [0.717, 1.165) is 22.6 Å². The lowest BCUT2D eigenvalue weighted by Gasteiger charge is -2.09. The van der Waals surface area contributed by atoms with E-state index < -0.39 is 0 Å². The van der Waals surface area contributed by atoms with Gasteiger partial charge in [-0.15, -0.1) is 0 Å². The number of aromatic nitrogens is 2. The molecule has 166 valence electrons. The van der Waals surface area contributed by atoms with Gasteiger partial charge in [-0.1, -0.05) is 78.9 Å². The highest BCUT2D eigenvalue weighted by Gasteiger charge is 2.19. The molecule has 0 aliphatic carbocycles. The van der Waals surface area contributed by atoms with Crippen molar-refractivity contribution in [1.29, 1.82) is 0 Å². The molecule has 34 heavy (non-hydrogen) atoms. The van der Waals surface area contributed by atoms with Crippen LogP contribution in [-0.2, 0) is 6.61 Å². The van der Waals surface area contributed by atoms with Crippen molar-refractivity contribution in [2.75, 3.05) is 5.32 Å². The first-order valence-electron chi connectivity index (χ1n) is 11.0. The summed E-state index contributed by atoms with van der Waals surface area (Å²) in [5.74, 6) is 0.516. The van der Waals surface area contributed by atoms with Gasteiger partial charge in [0.05, 0.1) is 11.3 Å². The van der Waals surface area contributed by atoms with Crippen LogP contribution in [0, 0.1) is 0 Å². The molecule has 5 heteroatoms. The van der Waals surface area contributed by atoms with Gasteiger partial charge in [0, 0.05) is 17.4 Å². The molecule has 1 N–H and O–H groups in total. The molecule has 5 rings (SSSR count). The van der Waals surface area contributed by atoms with E-state index in [1.807, 2.05) is 115 Å². The van der Waals surface area contributed by atoms with Crippen molar-refractivity contribution in [3.8, 4) is 22.7 Å². The minimum absolute atomic E-state index is 0.223. The van der Waals surface area contributed by atoms with Gasteiger partial charge in [0.1, 0.15) is 18.1 Å². The Hall–Kier alpha value is -4.64. The van der Waals surface area contributed by atoms with Gasteiger partial charge in [-0.2, -0.15) is 5.10 Å². The number of nitrogens with zero attached hydrogens (tertiary/aromatic N) is 2. The summed E-state index contributed by atoms with van der Waals surface area (Å²) in [7, 11) is 0. The molecule has 0 atom stereocenters. The summed E-state index contributed by atoms with van der Waals surface area (Å²) in [5, 5.41) is 7.70. The molecule has 0 bridgehead atoms. The highest BCUT2D eigenvalue weighted by atomic mass is 16.5. The number of carbonyl (C=O) groups is 1. The van der Waals surface area contributed by atoms with E-state index >= 15 is 0 Å². The number of benzene rings is 4. The highest BCUT2D eigenvalue weighted by Crippen LogP contribution is 2.25. The molecule has 5 nitrogen and oxygen atoms in total. The summed E-state index contributed by atoms with van der Waals surface area (Å²) in [4.78, 5) is 13.3. The van der Waals surface area contributed by atoms with E-state index in [0.29, 0.717) is 23.6 Å². The molecular formula is C29H23N3O2. The molecule has 0 saturated carbocycles. The summed E-state index contributed by atoms with van der Waals surface area (Å²) in [6.45, 7) is 0.492. The number of amides is 1. The standard InChI is InChI=1S/C29H23N3O2/c33-29(30-24-16-18-26(19-17-24)34-21-22-10-4-1-5-11-22)27-20-32(25-14-8-3-9-15-25)31-28(27)23-12-6-2-7-13-23/h1-20H,21H2,(H,30,33). The van der Waals surface area contributed by atoms with E-state index in [-0.39, 0.29) is 5.91 Å². The number of nitrogens with one attached hydrogen (secondary N) is 1. The molecular weight excluding hydrogens is 422 g/mol. The third-order valence-corrected chi connectivity index (χ3v) is 5.39. The molecule has 0 aliphatic heterocycles. The third-order valence-electron chi connectivity index (χ3n) is 5.39. The van der Waals surface area contributed by atoms with Crippen LogP contribution in [0.4, 0.5) is 5.69 Å². The summed E-state index contributed by atoms with van der Waals surface area (Å²) < 4.78 is 7.57. The van der Waals surface area contributed by atoms with Gasteiger partial charge in [-0.3, -0.25) is 4.79 Å². The maximum absolute atomic E-state index is 13.3.